The Labute approximate surface area is 103 Å². The predicted octanol–water partition coefficient (Wildman–Crippen LogP) is 2.63. The summed E-state index contributed by atoms with van der Waals surface area (Å²) >= 11 is 11.8. The van der Waals surface area contributed by atoms with Gasteiger partial charge in [0.15, 0.2) is 0 Å². The van der Waals surface area contributed by atoms with Crippen LogP contribution in [0.15, 0.2) is 12.4 Å². The van der Waals surface area contributed by atoms with Crippen LogP contribution < -0.4 is 10.9 Å². The third-order valence-corrected chi connectivity index (χ3v) is 3.21. The first-order chi connectivity index (χ1) is 7.68. The second-order valence-corrected chi connectivity index (χ2v) is 4.53. The maximum Gasteiger partial charge on any atom is 0.241 e. The van der Waals surface area contributed by atoms with Crippen LogP contribution in [0.4, 0.5) is 5.69 Å². The number of hydrogen-bond donors (Lipinski definition) is 2. The number of halogens is 2. The van der Waals surface area contributed by atoms with Crippen molar-refractivity contribution in [2.75, 3.05) is 5.43 Å². The van der Waals surface area contributed by atoms with Crippen molar-refractivity contribution in [2.24, 2.45) is 5.92 Å². The molecule has 1 aliphatic rings. The zero-order valence-corrected chi connectivity index (χ0v) is 9.98. The molecule has 16 heavy (non-hydrogen) atoms. The lowest BCUT2D eigenvalue weighted by Gasteiger charge is -2.24. The van der Waals surface area contributed by atoms with Crippen molar-refractivity contribution in [3.05, 3.63) is 22.4 Å². The number of pyridine rings is 1. The van der Waals surface area contributed by atoms with E-state index in [2.05, 4.69) is 15.8 Å². The normalized spacial score (nSPS) is 15.4. The molecule has 0 atom stereocenters. The minimum absolute atomic E-state index is 0.0183. The first kappa shape index (κ1) is 11.5. The van der Waals surface area contributed by atoms with Crippen LogP contribution in [0.25, 0.3) is 0 Å². The summed E-state index contributed by atoms with van der Waals surface area (Å²) < 4.78 is 0. The first-order valence-corrected chi connectivity index (χ1v) is 5.79. The summed E-state index contributed by atoms with van der Waals surface area (Å²) in [5.41, 5.74) is 5.80. The fourth-order valence-corrected chi connectivity index (χ4v) is 1.89. The van der Waals surface area contributed by atoms with Gasteiger partial charge >= 0.3 is 0 Å². The highest BCUT2D eigenvalue weighted by atomic mass is 35.5. The van der Waals surface area contributed by atoms with Crippen LogP contribution in [0, 0.1) is 5.92 Å². The monoisotopic (exact) mass is 259 g/mol. The van der Waals surface area contributed by atoms with E-state index in [-0.39, 0.29) is 11.8 Å². The zero-order chi connectivity index (χ0) is 11.5. The van der Waals surface area contributed by atoms with Crippen LogP contribution in [0.2, 0.25) is 10.0 Å². The van der Waals surface area contributed by atoms with Gasteiger partial charge in [0.1, 0.15) is 0 Å². The van der Waals surface area contributed by atoms with Gasteiger partial charge in [-0.1, -0.05) is 29.6 Å². The summed E-state index contributed by atoms with van der Waals surface area (Å²) in [6, 6.07) is 0. The van der Waals surface area contributed by atoms with E-state index in [1.165, 1.54) is 12.4 Å². The Kier molecular flexibility index (Phi) is 3.51. The smallest absolute Gasteiger partial charge is 0.241 e. The third-order valence-electron chi connectivity index (χ3n) is 2.64. The fourth-order valence-electron chi connectivity index (χ4n) is 1.43. The summed E-state index contributed by atoms with van der Waals surface area (Å²) in [7, 11) is 0. The van der Waals surface area contributed by atoms with E-state index in [1.54, 1.807) is 0 Å². The number of amides is 1. The second-order valence-electron chi connectivity index (χ2n) is 3.72. The number of hydrazine groups is 1. The molecule has 1 saturated carbocycles. The van der Waals surface area contributed by atoms with Gasteiger partial charge in [0.2, 0.25) is 5.91 Å². The SMILES string of the molecule is O=C(NNc1c(Cl)cncc1Cl)C1CCC1. The Morgan fingerprint density at radius 3 is 2.44 bits per heavy atom. The van der Waals surface area contributed by atoms with Gasteiger partial charge in [0, 0.05) is 18.3 Å². The molecule has 2 N–H and O–H groups in total. The molecule has 1 aromatic heterocycles. The van der Waals surface area contributed by atoms with Gasteiger partial charge in [0.25, 0.3) is 0 Å². The Bertz CT molecular complexity index is 387. The van der Waals surface area contributed by atoms with Crippen molar-refractivity contribution in [3.63, 3.8) is 0 Å². The van der Waals surface area contributed by atoms with Crippen LogP contribution in [0.3, 0.4) is 0 Å². The molecule has 0 unspecified atom stereocenters. The van der Waals surface area contributed by atoms with E-state index in [1.807, 2.05) is 0 Å². The summed E-state index contributed by atoms with van der Waals surface area (Å²) in [6.07, 6.45) is 5.95. The number of rotatable bonds is 3. The topological polar surface area (TPSA) is 54.0 Å². The molecule has 86 valence electrons. The zero-order valence-electron chi connectivity index (χ0n) is 8.46. The van der Waals surface area contributed by atoms with Crippen LogP contribution in [-0.2, 0) is 4.79 Å². The molecular formula is C10H11Cl2N3O. The molecule has 1 heterocycles. The highest BCUT2D eigenvalue weighted by molar-refractivity contribution is 6.38. The van der Waals surface area contributed by atoms with Gasteiger partial charge in [-0.25, -0.2) is 0 Å². The van der Waals surface area contributed by atoms with Gasteiger partial charge in [-0.15, -0.1) is 0 Å². The Balaban J connectivity index is 1.96. The lowest BCUT2D eigenvalue weighted by atomic mass is 9.85. The van der Waals surface area contributed by atoms with Crippen molar-refractivity contribution >= 4 is 34.8 Å². The van der Waals surface area contributed by atoms with Crippen LogP contribution in [-0.4, -0.2) is 10.9 Å². The maximum atomic E-state index is 11.5. The van der Waals surface area contributed by atoms with Gasteiger partial charge in [-0.05, 0) is 12.8 Å². The molecular weight excluding hydrogens is 249 g/mol. The van der Waals surface area contributed by atoms with Gasteiger partial charge in [-0.3, -0.25) is 20.6 Å². The van der Waals surface area contributed by atoms with Gasteiger partial charge in [0.05, 0.1) is 15.7 Å². The quantitative estimate of drug-likeness (QED) is 0.821. The number of anilines is 1. The van der Waals surface area contributed by atoms with Crippen molar-refractivity contribution in [3.8, 4) is 0 Å². The summed E-state index contributed by atoms with van der Waals surface area (Å²) in [5.74, 6) is 0.0992. The van der Waals surface area contributed by atoms with Crippen molar-refractivity contribution in [1.29, 1.82) is 0 Å². The molecule has 1 aliphatic carbocycles. The average molecular weight is 260 g/mol. The van der Waals surface area contributed by atoms with E-state index in [0.29, 0.717) is 15.7 Å². The largest absolute Gasteiger partial charge is 0.295 e. The fraction of sp³-hybridized carbons (Fsp3) is 0.400. The number of nitrogens with zero attached hydrogens (tertiary/aromatic N) is 1. The molecule has 6 heteroatoms. The van der Waals surface area contributed by atoms with E-state index in [4.69, 9.17) is 23.2 Å². The number of aromatic nitrogens is 1. The van der Waals surface area contributed by atoms with Gasteiger partial charge < -0.3 is 0 Å². The number of nitrogens with one attached hydrogen (secondary N) is 2. The van der Waals surface area contributed by atoms with Crippen LogP contribution >= 0.6 is 23.2 Å². The Hall–Kier alpha value is -1.00. The Morgan fingerprint density at radius 1 is 1.31 bits per heavy atom. The van der Waals surface area contributed by atoms with Crippen molar-refractivity contribution in [2.45, 2.75) is 19.3 Å². The Morgan fingerprint density at radius 2 is 1.94 bits per heavy atom. The number of carbonyl (C=O) groups is 1. The van der Waals surface area contributed by atoms with Crippen molar-refractivity contribution in [1.82, 2.24) is 10.4 Å². The highest BCUT2D eigenvalue weighted by Crippen LogP contribution is 2.29. The molecule has 0 aromatic carbocycles. The van der Waals surface area contributed by atoms with Crippen LogP contribution in [0.5, 0.6) is 0 Å². The van der Waals surface area contributed by atoms with E-state index in [0.717, 1.165) is 19.3 Å². The minimum atomic E-state index is -0.0183. The molecule has 1 fully saturated rings. The molecule has 1 amide bonds. The van der Waals surface area contributed by atoms with Crippen LogP contribution in [0.1, 0.15) is 19.3 Å². The lowest BCUT2D eigenvalue weighted by molar-refractivity contribution is -0.126. The summed E-state index contributed by atoms with van der Waals surface area (Å²) in [6.45, 7) is 0. The molecule has 2 rings (SSSR count). The van der Waals surface area contributed by atoms with E-state index < -0.39 is 0 Å². The first-order valence-electron chi connectivity index (χ1n) is 5.03. The lowest BCUT2D eigenvalue weighted by Crippen LogP contribution is -2.38. The summed E-state index contributed by atoms with van der Waals surface area (Å²) in [5, 5.41) is 0.753. The standard InChI is InChI=1S/C10H11Cl2N3O/c11-7-4-13-5-8(12)9(7)14-15-10(16)6-2-1-3-6/h4-6H,1-3H2,(H,13,14)(H,15,16). The molecule has 0 radical (unpaired) electrons. The molecule has 4 nitrogen and oxygen atoms in total. The van der Waals surface area contributed by atoms with Crippen molar-refractivity contribution < 1.29 is 4.79 Å². The van der Waals surface area contributed by atoms with E-state index in [9.17, 15) is 4.79 Å². The molecule has 0 spiro atoms. The predicted molar refractivity (Wildman–Crippen MR) is 63.4 cm³/mol. The number of hydrogen-bond acceptors (Lipinski definition) is 3. The van der Waals surface area contributed by atoms with Gasteiger partial charge in [-0.2, -0.15) is 0 Å². The number of carbonyl (C=O) groups excluding carboxylic acids is 1. The molecule has 1 aromatic rings. The highest BCUT2D eigenvalue weighted by Gasteiger charge is 2.25. The second kappa shape index (κ2) is 4.89. The summed E-state index contributed by atoms with van der Waals surface area (Å²) in [4.78, 5) is 15.4. The maximum absolute atomic E-state index is 11.5. The molecule has 0 bridgehead atoms. The molecule has 0 aliphatic heterocycles. The molecule has 0 saturated heterocycles. The average Bonchev–Trinajstić information content (AvgIpc) is 2.14. The minimum Gasteiger partial charge on any atom is -0.295 e. The van der Waals surface area contributed by atoms with E-state index >= 15 is 0 Å². The third kappa shape index (κ3) is 2.39.